The zero-order valence-electron chi connectivity index (χ0n) is 18.3. The van der Waals surface area contributed by atoms with E-state index in [0.29, 0.717) is 11.3 Å². The van der Waals surface area contributed by atoms with Crippen molar-refractivity contribution in [2.45, 2.75) is 12.8 Å². The molecule has 0 aromatic heterocycles. The molecule has 4 aromatic carbocycles. The summed E-state index contributed by atoms with van der Waals surface area (Å²) in [4.78, 5) is 12.6. The molecule has 0 aliphatic heterocycles. The van der Waals surface area contributed by atoms with Crippen LogP contribution in [0.5, 0.6) is 5.75 Å². The number of rotatable bonds is 6. The first-order valence-corrected chi connectivity index (χ1v) is 10.6. The predicted octanol–water partition coefficient (Wildman–Crippen LogP) is 6.98. The molecule has 35 heavy (non-hydrogen) atoms. The smallest absolute Gasteiger partial charge is 0.416 e. The number of carbonyl (C=O) groups excluding carboxylic acids is 1. The van der Waals surface area contributed by atoms with Gasteiger partial charge in [-0.25, -0.2) is 0 Å². The fraction of sp³-hybridized carbons (Fsp3) is 0.0714. The Labute approximate surface area is 199 Å². The third kappa shape index (κ3) is 5.87. The molecular weight excluding hydrogens is 453 g/mol. The van der Waals surface area contributed by atoms with Crippen molar-refractivity contribution >= 4 is 28.4 Å². The number of amides is 1. The number of anilines is 1. The van der Waals surface area contributed by atoms with Crippen molar-refractivity contribution in [1.29, 1.82) is 5.26 Å². The SMILES string of the molecule is N#C/C(=C/c1ccccc1OCc1ccc2ccccc2c1)C(=O)Nc1cccc(C(F)(F)F)c1. The van der Waals surface area contributed by atoms with Gasteiger partial charge in [0.25, 0.3) is 5.91 Å². The molecule has 4 nitrogen and oxygen atoms in total. The van der Waals surface area contributed by atoms with Crippen molar-refractivity contribution in [1.82, 2.24) is 0 Å². The Morgan fingerprint density at radius 2 is 1.66 bits per heavy atom. The van der Waals surface area contributed by atoms with Gasteiger partial charge in [-0.05, 0) is 52.7 Å². The minimum absolute atomic E-state index is 0.0631. The van der Waals surface area contributed by atoms with Gasteiger partial charge in [0.05, 0.1) is 5.56 Å². The lowest BCUT2D eigenvalue weighted by molar-refractivity contribution is -0.137. The van der Waals surface area contributed by atoms with Crippen LogP contribution in [-0.4, -0.2) is 5.91 Å². The fourth-order valence-electron chi connectivity index (χ4n) is 3.50. The van der Waals surface area contributed by atoms with Crippen molar-refractivity contribution in [2.24, 2.45) is 0 Å². The minimum Gasteiger partial charge on any atom is -0.488 e. The van der Waals surface area contributed by atoms with E-state index in [1.807, 2.05) is 48.5 Å². The summed E-state index contributed by atoms with van der Waals surface area (Å²) in [5.74, 6) is -0.364. The molecule has 0 heterocycles. The number of benzene rings is 4. The van der Waals surface area contributed by atoms with Gasteiger partial charge in [-0.1, -0.05) is 60.7 Å². The van der Waals surface area contributed by atoms with Crippen molar-refractivity contribution in [3.63, 3.8) is 0 Å². The van der Waals surface area contributed by atoms with Crippen LogP contribution >= 0.6 is 0 Å². The fourth-order valence-corrected chi connectivity index (χ4v) is 3.50. The summed E-state index contributed by atoms with van der Waals surface area (Å²) in [6.45, 7) is 0.272. The minimum atomic E-state index is -4.55. The van der Waals surface area contributed by atoms with E-state index in [1.54, 1.807) is 24.3 Å². The van der Waals surface area contributed by atoms with Gasteiger partial charge >= 0.3 is 6.18 Å². The van der Waals surface area contributed by atoms with E-state index in [0.717, 1.165) is 28.5 Å². The number of carbonyl (C=O) groups is 1. The average molecular weight is 472 g/mol. The van der Waals surface area contributed by atoms with Crippen LogP contribution in [0.3, 0.4) is 0 Å². The van der Waals surface area contributed by atoms with E-state index in [4.69, 9.17) is 4.74 Å². The highest BCUT2D eigenvalue weighted by Gasteiger charge is 2.30. The van der Waals surface area contributed by atoms with Crippen LogP contribution in [0.15, 0.2) is 96.6 Å². The van der Waals surface area contributed by atoms with Crippen LogP contribution in [0.4, 0.5) is 18.9 Å². The molecule has 0 radical (unpaired) electrons. The van der Waals surface area contributed by atoms with E-state index >= 15 is 0 Å². The normalized spacial score (nSPS) is 11.7. The maximum Gasteiger partial charge on any atom is 0.416 e. The number of hydrogen-bond donors (Lipinski definition) is 1. The van der Waals surface area contributed by atoms with Gasteiger partial charge in [0.2, 0.25) is 0 Å². The summed E-state index contributed by atoms with van der Waals surface area (Å²) in [7, 11) is 0. The topological polar surface area (TPSA) is 62.1 Å². The summed E-state index contributed by atoms with van der Waals surface area (Å²) in [5.41, 5.74) is 0.204. The third-order valence-corrected chi connectivity index (χ3v) is 5.24. The molecule has 174 valence electrons. The molecule has 0 aliphatic carbocycles. The maximum atomic E-state index is 12.9. The number of nitrogens with zero attached hydrogens (tertiary/aromatic N) is 1. The van der Waals surface area contributed by atoms with Crippen LogP contribution in [0.2, 0.25) is 0 Å². The molecule has 0 saturated heterocycles. The summed E-state index contributed by atoms with van der Waals surface area (Å²) in [6.07, 6.45) is -3.20. The van der Waals surface area contributed by atoms with Gasteiger partial charge in [0.1, 0.15) is 24.0 Å². The number of halogens is 3. The van der Waals surface area contributed by atoms with Crippen LogP contribution < -0.4 is 10.1 Å². The molecule has 0 fully saturated rings. The molecule has 7 heteroatoms. The number of hydrogen-bond acceptors (Lipinski definition) is 3. The molecule has 1 amide bonds. The second-order valence-corrected chi connectivity index (χ2v) is 7.71. The van der Waals surface area contributed by atoms with E-state index in [9.17, 15) is 23.2 Å². The summed E-state index contributed by atoms with van der Waals surface area (Å²) >= 11 is 0. The van der Waals surface area contributed by atoms with Crippen molar-refractivity contribution in [2.75, 3.05) is 5.32 Å². The van der Waals surface area contributed by atoms with Gasteiger partial charge in [0, 0.05) is 11.3 Å². The molecule has 4 aromatic rings. The second kappa shape index (κ2) is 10.1. The Bertz CT molecular complexity index is 1450. The zero-order valence-corrected chi connectivity index (χ0v) is 18.3. The van der Waals surface area contributed by atoms with E-state index in [-0.39, 0.29) is 17.9 Å². The Kier molecular flexibility index (Phi) is 6.83. The molecule has 0 unspecified atom stereocenters. The largest absolute Gasteiger partial charge is 0.488 e. The molecular formula is C28H19F3N2O2. The summed E-state index contributed by atoms with van der Waals surface area (Å²) < 4.78 is 44.8. The summed E-state index contributed by atoms with van der Waals surface area (Å²) in [6, 6.07) is 26.9. The Balaban J connectivity index is 1.52. The van der Waals surface area contributed by atoms with E-state index in [1.165, 1.54) is 18.2 Å². The maximum absolute atomic E-state index is 12.9. The van der Waals surface area contributed by atoms with Crippen molar-refractivity contribution in [3.8, 4) is 11.8 Å². The lowest BCUT2D eigenvalue weighted by Crippen LogP contribution is -2.14. The van der Waals surface area contributed by atoms with Crippen LogP contribution in [-0.2, 0) is 17.6 Å². The van der Waals surface area contributed by atoms with Gasteiger partial charge in [-0.15, -0.1) is 0 Å². The lowest BCUT2D eigenvalue weighted by Gasteiger charge is -2.11. The quantitative estimate of drug-likeness (QED) is 0.243. The standard InChI is InChI=1S/C28H19F3N2O2/c29-28(30,31)24-9-5-10-25(16-24)33-27(34)23(17-32)15-22-8-3-4-11-26(22)35-18-19-12-13-20-6-1-2-7-21(20)14-19/h1-16H,18H2,(H,33,34)/b23-15-. The highest BCUT2D eigenvalue weighted by atomic mass is 19.4. The van der Waals surface area contributed by atoms with Crippen molar-refractivity contribution < 1.29 is 22.7 Å². The number of fused-ring (bicyclic) bond motifs is 1. The summed E-state index contributed by atoms with van der Waals surface area (Å²) in [5, 5.41) is 14.1. The first-order valence-electron chi connectivity index (χ1n) is 10.6. The molecule has 0 bridgehead atoms. The first kappa shape index (κ1) is 23.6. The van der Waals surface area contributed by atoms with Crippen LogP contribution in [0.25, 0.3) is 16.8 Å². The highest BCUT2D eigenvalue weighted by Crippen LogP contribution is 2.31. The second-order valence-electron chi connectivity index (χ2n) is 7.71. The Morgan fingerprint density at radius 1 is 0.914 bits per heavy atom. The number of nitriles is 1. The predicted molar refractivity (Wildman–Crippen MR) is 128 cm³/mol. The highest BCUT2D eigenvalue weighted by molar-refractivity contribution is 6.09. The van der Waals surface area contributed by atoms with Gasteiger partial charge in [0.15, 0.2) is 0 Å². The van der Waals surface area contributed by atoms with Crippen LogP contribution in [0.1, 0.15) is 16.7 Å². The Hall–Kier alpha value is -4.57. The average Bonchev–Trinajstić information content (AvgIpc) is 2.86. The molecule has 4 rings (SSSR count). The van der Waals surface area contributed by atoms with Crippen LogP contribution in [0, 0.1) is 11.3 Å². The monoisotopic (exact) mass is 472 g/mol. The molecule has 0 spiro atoms. The Morgan fingerprint density at radius 3 is 2.43 bits per heavy atom. The molecule has 0 saturated carbocycles. The first-order chi connectivity index (χ1) is 16.8. The zero-order chi connectivity index (χ0) is 24.8. The number of para-hydroxylation sites is 1. The molecule has 0 atom stereocenters. The molecule has 0 aliphatic rings. The lowest BCUT2D eigenvalue weighted by atomic mass is 10.1. The molecule has 1 N–H and O–H groups in total. The van der Waals surface area contributed by atoms with E-state index < -0.39 is 17.6 Å². The van der Waals surface area contributed by atoms with E-state index in [2.05, 4.69) is 5.32 Å². The number of ether oxygens (including phenoxy) is 1. The number of alkyl halides is 3. The van der Waals surface area contributed by atoms with Crippen molar-refractivity contribution in [3.05, 3.63) is 113 Å². The number of nitrogens with one attached hydrogen (secondary N) is 1. The van der Waals surface area contributed by atoms with Gasteiger partial charge < -0.3 is 10.1 Å². The van der Waals surface area contributed by atoms with Gasteiger partial charge in [-0.2, -0.15) is 18.4 Å². The van der Waals surface area contributed by atoms with Gasteiger partial charge in [-0.3, -0.25) is 4.79 Å². The third-order valence-electron chi connectivity index (χ3n) is 5.24.